The van der Waals surface area contributed by atoms with Crippen LogP contribution in [-0.4, -0.2) is 33.2 Å². The third kappa shape index (κ3) is 4.32. The largest absolute Gasteiger partial charge is 0.495 e. The van der Waals surface area contributed by atoms with Gasteiger partial charge in [0.25, 0.3) is 0 Å². The maximum Gasteiger partial charge on any atom is 0.422 e. The van der Waals surface area contributed by atoms with Gasteiger partial charge in [-0.2, -0.15) is 8.42 Å². The first-order valence-electron chi connectivity index (χ1n) is 8.15. The number of H-pyrrole nitrogens is 1. The second kappa shape index (κ2) is 7.58. The summed E-state index contributed by atoms with van der Waals surface area (Å²) in [4.78, 5) is 14.7. The van der Waals surface area contributed by atoms with Crippen molar-refractivity contribution in [2.75, 3.05) is 18.4 Å². The minimum Gasteiger partial charge on any atom is -0.495 e. The number of methoxy groups -OCH3 is 1. The zero-order chi connectivity index (χ0) is 19.4. The van der Waals surface area contributed by atoms with E-state index in [0.717, 1.165) is 22.2 Å². The highest BCUT2D eigenvalue weighted by Gasteiger charge is 2.18. The molecule has 1 heterocycles. The number of aromatic nitrogens is 1. The normalized spacial score (nSPS) is 11.2. The van der Waals surface area contributed by atoms with E-state index in [1.54, 1.807) is 29.8 Å². The number of anilines is 1. The van der Waals surface area contributed by atoms with E-state index in [4.69, 9.17) is 4.74 Å². The number of nitrogens with one attached hydrogen (secondary N) is 3. The molecule has 2 aromatic carbocycles. The van der Waals surface area contributed by atoms with Crippen LogP contribution in [0.5, 0.6) is 5.75 Å². The number of hydrogen-bond acceptors (Lipinski definition) is 5. The molecule has 0 fully saturated rings. The first-order valence-corrected chi connectivity index (χ1v) is 9.63. The van der Waals surface area contributed by atoms with Crippen LogP contribution in [0, 0.1) is 0 Å². The highest BCUT2D eigenvalue weighted by Crippen LogP contribution is 2.32. The van der Waals surface area contributed by atoms with E-state index in [1.165, 1.54) is 7.11 Å². The molecule has 8 nitrogen and oxygen atoms in total. The molecule has 0 saturated heterocycles. The number of carbonyl (C=O) groups excluding carboxylic acids is 1. The van der Waals surface area contributed by atoms with Crippen molar-refractivity contribution in [3.63, 3.8) is 0 Å². The molecule has 0 radical (unpaired) electrons. The summed E-state index contributed by atoms with van der Waals surface area (Å²) in [6.07, 6.45) is -1.06. The van der Waals surface area contributed by atoms with E-state index in [2.05, 4.69) is 14.4 Å². The lowest BCUT2D eigenvalue weighted by Gasteiger charge is -2.13. The molecule has 0 bridgehead atoms. The molecule has 0 aliphatic rings. The van der Waals surface area contributed by atoms with Gasteiger partial charge >= 0.3 is 16.3 Å². The lowest BCUT2D eigenvalue weighted by Crippen LogP contribution is -2.35. The first kappa shape index (κ1) is 18.6. The van der Waals surface area contributed by atoms with E-state index in [1.807, 2.05) is 30.3 Å². The molecule has 0 spiro atoms. The topological polar surface area (TPSA) is 110 Å². The van der Waals surface area contributed by atoms with Gasteiger partial charge < -0.3 is 14.5 Å². The zero-order valence-corrected chi connectivity index (χ0v) is 15.6. The summed E-state index contributed by atoms with van der Waals surface area (Å²) in [6.45, 7) is 1.63. The van der Waals surface area contributed by atoms with Gasteiger partial charge in [0.1, 0.15) is 5.75 Å². The van der Waals surface area contributed by atoms with Crippen LogP contribution in [0.1, 0.15) is 6.92 Å². The van der Waals surface area contributed by atoms with Crippen LogP contribution >= 0.6 is 0 Å². The fourth-order valence-corrected chi connectivity index (χ4v) is 3.40. The summed E-state index contributed by atoms with van der Waals surface area (Å²) < 4.78 is 38.2. The Labute approximate surface area is 156 Å². The number of hydrogen-bond donors (Lipinski definition) is 3. The number of amides is 1. The average Bonchev–Trinajstić information content (AvgIpc) is 3.05. The highest BCUT2D eigenvalue weighted by molar-refractivity contribution is 7.91. The maximum absolute atomic E-state index is 12.2. The van der Waals surface area contributed by atoms with Crippen molar-refractivity contribution in [2.45, 2.75) is 6.92 Å². The van der Waals surface area contributed by atoms with E-state index in [9.17, 15) is 13.2 Å². The maximum atomic E-state index is 12.2. The molecule has 9 heteroatoms. The van der Waals surface area contributed by atoms with E-state index >= 15 is 0 Å². The van der Waals surface area contributed by atoms with Crippen LogP contribution in [-0.2, 0) is 14.9 Å². The number of carbonyl (C=O) groups is 1. The number of ether oxygens (including phenoxy) is 2. The molecule has 3 N–H and O–H groups in total. The fourth-order valence-electron chi connectivity index (χ4n) is 2.62. The van der Waals surface area contributed by atoms with Crippen LogP contribution in [0.15, 0.2) is 48.5 Å². The van der Waals surface area contributed by atoms with Gasteiger partial charge in [-0.25, -0.2) is 9.52 Å². The quantitative estimate of drug-likeness (QED) is 0.599. The molecule has 3 rings (SSSR count). The summed E-state index contributed by atoms with van der Waals surface area (Å²) in [6, 6.07) is 14.8. The monoisotopic (exact) mass is 389 g/mol. The molecular weight excluding hydrogens is 370 g/mol. The van der Waals surface area contributed by atoms with Crippen LogP contribution in [0.2, 0.25) is 0 Å². The number of rotatable bonds is 6. The second-order valence-electron chi connectivity index (χ2n) is 5.61. The van der Waals surface area contributed by atoms with E-state index < -0.39 is 16.3 Å². The molecule has 0 aliphatic heterocycles. The Bertz CT molecular complexity index is 1040. The minimum atomic E-state index is -4.18. The third-order valence-corrected chi connectivity index (χ3v) is 4.70. The van der Waals surface area contributed by atoms with Gasteiger partial charge in [-0.15, -0.1) is 0 Å². The third-order valence-electron chi connectivity index (χ3n) is 3.78. The van der Waals surface area contributed by atoms with Crippen LogP contribution in [0.25, 0.3) is 22.2 Å². The number of fused-ring (bicyclic) bond motifs is 1. The molecule has 27 heavy (non-hydrogen) atoms. The summed E-state index contributed by atoms with van der Waals surface area (Å²) in [5, 5.41) is 1.04. The molecule has 3 aromatic rings. The Morgan fingerprint density at radius 2 is 1.93 bits per heavy atom. The van der Waals surface area contributed by atoms with Crippen LogP contribution < -0.4 is 14.2 Å². The Morgan fingerprint density at radius 3 is 2.63 bits per heavy atom. The van der Waals surface area contributed by atoms with Crippen molar-refractivity contribution in [3.8, 4) is 17.0 Å². The minimum absolute atomic E-state index is 0.0561. The highest BCUT2D eigenvalue weighted by atomic mass is 32.2. The van der Waals surface area contributed by atoms with Crippen LogP contribution in [0.3, 0.4) is 0 Å². The van der Waals surface area contributed by atoms with Crippen molar-refractivity contribution >= 4 is 32.9 Å². The summed E-state index contributed by atoms with van der Waals surface area (Å²) in [7, 11) is -2.75. The fraction of sp³-hybridized carbons (Fsp3) is 0.167. The van der Waals surface area contributed by atoms with Crippen molar-refractivity contribution in [1.82, 2.24) is 9.71 Å². The summed E-state index contributed by atoms with van der Waals surface area (Å²) in [5.41, 5.74) is 2.72. The van der Waals surface area contributed by atoms with E-state index in [0.29, 0.717) is 5.75 Å². The molecule has 0 aliphatic carbocycles. The molecule has 0 unspecified atom stereocenters. The van der Waals surface area contributed by atoms with Gasteiger partial charge in [-0.05, 0) is 37.3 Å². The summed E-state index contributed by atoms with van der Waals surface area (Å²) in [5.74, 6) is 0.309. The SMILES string of the molecule is CCOC(=O)NS(=O)(=O)Nc1cc(-c2cc3ccccc3[nH]2)ccc1OC. The van der Waals surface area contributed by atoms with Gasteiger partial charge in [0.15, 0.2) is 0 Å². The average molecular weight is 389 g/mol. The smallest absolute Gasteiger partial charge is 0.422 e. The Kier molecular flexibility index (Phi) is 5.22. The number of aromatic amines is 1. The first-order chi connectivity index (χ1) is 12.9. The Morgan fingerprint density at radius 1 is 1.15 bits per heavy atom. The second-order valence-corrected chi connectivity index (χ2v) is 7.03. The molecule has 1 amide bonds. The molecule has 0 atom stereocenters. The lowest BCUT2D eigenvalue weighted by molar-refractivity contribution is 0.159. The lowest BCUT2D eigenvalue weighted by atomic mass is 10.1. The van der Waals surface area contributed by atoms with Crippen molar-refractivity contribution in [3.05, 3.63) is 48.5 Å². The van der Waals surface area contributed by atoms with Gasteiger partial charge in [-0.3, -0.25) is 4.72 Å². The van der Waals surface area contributed by atoms with Gasteiger partial charge in [-0.1, -0.05) is 18.2 Å². The van der Waals surface area contributed by atoms with Gasteiger partial charge in [0, 0.05) is 22.2 Å². The Hall–Kier alpha value is -3.20. The number of benzene rings is 2. The predicted molar refractivity (Wildman–Crippen MR) is 103 cm³/mol. The van der Waals surface area contributed by atoms with Crippen molar-refractivity contribution in [1.29, 1.82) is 0 Å². The molecule has 1 aromatic heterocycles. The number of para-hydroxylation sites is 1. The molecular formula is C18H19N3O5S. The summed E-state index contributed by atoms with van der Waals surface area (Å²) >= 11 is 0. The Balaban J connectivity index is 1.93. The standard InChI is InChI=1S/C18H19N3O5S/c1-3-26-18(22)21-27(23,24)20-16-11-13(8-9-17(16)25-2)15-10-12-6-4-5-7-14(12)19-15/h4-11,19-20H,3H2,1-2H3,(H,21,22). The zero-order valence-electron chi connectivity index (χ0n) is 14.8. The predicted octanol–water partition coefficient (Wildman–Crippen LogP) is 3.25. The van der Waals surface area contributed by atoms with Gasteiger partial charge in [0.05, 0.1) is 19.4 Å². The van der Waals surface area contributed by atoms with Crippen molar-refractivity contribution < 1.29 is 22.7 Å². The van der Waals surface area contributed by atoms with Crippen molar-refractivity contribution in [2.24, 2.45) is 0 Å². The molecule has 0 saturated carbocycles. The van der Waals surface area contributed by atoms with Gasteiger partial charge in [0.2, 0.25) is 0 Å². The van der Waals surface area contributed by atoms with Crippen LogP contribution in [0.4, 0.5) is 10.5 Å². The molecule has 142 valence electrons. The van der Waals surface area contributed by atoms with E-state index in [-0.39, 0.29) is 12.3 Å².